The van der Waals surface area contributed by atoms with Gasteiger partial charge >= 0.3 is 0 Å². The summed E-state index contributed by atoms with van der Waals surface area (Å²) in [6, 6.07) is 0.527. The summed E-state index contributed by atoms with van der Waals surface area (Å²) in [4.78, 5) is 4.54. The van der Waals surface area contributed by atoms with Gasteiger partial charge in [0.05, 0.1) is 12.1 Å². The van der Waals surface area contributed by atoms with Crippen molar-refractivity contribution in [1.29, 1.82) is 0 Å². The molecule has 0 radical (unpaired) electrons. The van der Waals surface area contributed by atoms with Crippen LogP contribution >= 0.6 is 0 Å². The molecule has 1 saturated heterocycles. The van der Waals surface area contributed by atoms with E-state index in [0.717, 1.165) is 18.9 Å². The lowest BCUT2D eigenvalue weighted by Gasteiger charge is -2.16. The molecule has 4 nitrogen and oxygen atoms in total. The highest BCUT2D eigenvalue weighted by Crippen LogP contribution is 2.27. The van der Waals surface area contributed by atoms with Gasteiger partial charge in [-0.15, -0.1) is 0 Å². The molecule has 2 atom stereocenters. The van der Waals surface area contributed by atoms with Gasteiger partial charge in [0.15, 0.2) is 0 Å². The van der Waals surface area contributed by atoms with E-state index in [1.807, 2.05) is 0 Å². The molecule has 3 N–H and O–H groups in total. The second-order valence-electron chi connectivity index (χ2n) is 3.86. The predicted octanol–water partition coefficient (Wildman–Crippen LogP) is 0.436. The van der Waals surface area contributed by atoms with E-state index in [2.05, 4.69) is 17.3 Å². The van der Waals surface area contributed by atoms with Crippen LogP contribution in [-0.2, 0) is 4.74 Å². The van der Waals surface area contributed by atoms with Gasteiger partial charge in [0.25, 0.3) is 0 Å². The average molecular weight is 183 g/mol. The van der Waals surface area contributed by atoms with Crippen LogP contribution in [0, 0.1) is 5.92 Å². The van der Waals surface area contributed by atoms with Gasteiger partial charge < -0.3 is 10.2 Å². The van der Waals surface area contributed by atoms with Crippen molar-refractivity contribution in [2.45, 2.75) is 38.3 Å². The summed E-state index contributed by atoms with van der Waals surface area (Å²) in [7, 11) is 0. The van der Waals surface area contributed by atoms with Crippen LogP contribution < -0.4 is 11.3 Å². The van der Waals surface area contributed by atoms with Gasteiger partial charge in [-0.3, -0.25) is 4.99 Å². The summed E-state index contributed by atoms with van der Waals surface area (Å²) in [5, 5.41) is 0. The summed E-state index contributed by atoms with van der Waals surface area (Å²) in [6.45, 7) is 2.91. The molecule has 0 aromatic rings. The van der Waals surface area contributed by atoms with Crippen LogP contribution in [0.2, 0.25) is 0 Å². The summed E-state index contributed by atoms with van der Waals surface area (Å²) in [6.07, 6.45) is 3.73. The maximum atomic E-state index is 5.47. The SMILES string of the molecule is CC1OCCC1C(=NC1CC1)NN. The Kier molecular flexibility index (Phi) is 2.51. The van der Waals surface area contributed by atoms with Gasteiger partial charge in [0.2, 0.25) is 0 Å². The fourth-order valence-corrected chi connectivity index (χ4v) is 1.73. The molecule has 2 fully saturated rings. The number of amidine groups is 1. The number of nitrogens with zero attached hydrogens (tertiary/aromatic N) is 1. The first-order valence-corrected chi connectivity index (χ1v) is 4.97. The van der Waals surface area contributed by atoms with Gasteiger partial charge in [-0.2, -0.15) is 0 Å². The molecule has 0 amide bonds. The van der Waals surface area contributed by atoms with Gasteiger partial charge in [-0.1, -0.05) is 0 Å². The molecule has 1 aliphatic heterocycles. The number of nitrogens with one attached hydrogen (secondary N) is 1. The zero-order chi connectivity index (χ0) is 9.26. The normalized spacial score (nSPS) is 35.1. The minimum absolute atomic E-state index is 0.258. The number of hydrogen-bond donors (Lipinski definition) is 2. The molecule has 0 spiro atoms. The Morgan fingerprint density at radius 3 is 2.69 bits per heavy atom. The van der Waals surface area contributed by atoms with Gasteiger partial charge in [-0.05, 0) is 26.2 Å². The largest absolute Gasteiger partial charge is 0.378 e. The monoisotopic (exact) mass is 183 g/mol. The zero-order valence-electron chi connectivity index (χ0n) is 7.99. The number of ether oxygens (including phenoxy) is 1. The minimum atomic E-state index is 0.258. The minimum Gasteiger partial charge on any atom is -0.378 e. The van der Waals surface area contributed by atoms with Crippen molar-refractivity contribution in [3.8, 4) is 0 Å². The Labute approximate surface area is 78.5 Å². The Morgan fingerprint density at radius 1 is 1.46 bits per heavy atom. The number of nitrogens with two attached hydrogens (primary N) is 1. The van der Waals surface area contributed by atoms with Crippen molar-refractivity contribution in [3.05, 3.63) is 0 Å². The molecule has 0 bridgehead atoms. The highest BCUT2D eigenvalue weighted by molar-refractivity contribution is 5.85. The third-order valence-electron chi connectivity index (χ3n) is 2.74. The van der Waals surface area contributed by atoms with E-state index in [4.69, 9.17) is 10.6 Å². The quantitative estimate of drug-likeness (QED) is 0.282. The second-order valence-corrected chi connectivity index (χ2v) is 3.86. The number of hydrazine groups is 1. The fraction of sp³-hybridized carbons (Fsp3) is 0.889. The zero-order valence-corrected chi connectivity index (χ0v) is 7.99. The topological polar surface area (TPSA) is 59.6 Å². The lowest BCUT2D eigenvalue weighted by Crippen LogP contribution is -2.39. The van der Waals surface area contributed by atoms with E-state index in [1.165, 1.54) is 12.8 Å². The molecule has 4 heteroatoms. The van der Waals surface area contributed by atoms with Crippen LogP contribution in [0.15, 0.2) is 4.99 Å². The van der Waals surface area contributed by atoms with Crippen LogP contribution in [0.1, 0.15) is 26.2 Å². The highest BCUT2D eigenvalue weighted by Gasteiger charge is 2.30. The van der Waals surface area contributed by atoms with Crippen molar-refractivity contribution in [1.82, 2.24) is 5.43 Å². The predicted molar refractivity (Wildman–Crippen MR) is 51.3 cm³/mol. The highest BCUT2D eigenvalue weighted by atomic mass is 16.5. The fourth-order valence-electron chi connectivity index (χ4n) is 1.73. The maximum absolute atomic E-state index is 5.47. The van der Waals surface area contributed by atoms with Crippen LogP contribution in [0.25, 0.3) is 0 Å². The van der Waals surface area contributed by atoms with Gasteiger partial charge in [0.1, 0.15) is 5.84 Å². The number of hydrogen-bond acceptors (Lipinski definition) is 3. The van der Waals surface area contributed by atoms with Crippen molar-refractivity contribution in [3.63, 3.8) is 0 Å². The molecule has 2 rings (SSSR count). The summed E-state index contributed by atoms with van der Waals surface area (Å²) >= 11 is 0. The summed E-state index contributed by atoms with van der Waals surface area (Å²) in [5.74, 6) is 6.77. The Morgan fingerprint density at radius 2 is 2.23 bits per heavy atom. The van der Waals surface area contributed by atoms with E-state index in [-0.39, 0.29) is 6.10 Å². The van der Waals surface area contributed by atoms with Crippen molar-refractivity contribution < 1.29 is 4.74 Å². The van der Waals surface area contributed by atoms with E-state index in [0.29, 0.717) is 12.0 Å². The third kappa shape index (κ3) is 2.00. The summed E-state index contributed by atoms with van der Waals surface area (Å²) < 4.78 is 5.47. The lowest BCUT2D eigenvalue weighted by atomic mass is 10.0. The molecule has 13 heavy (non-hydrogen) atoms. The molecular formula is C9H17N3O. The first-order chi connectivity index (χ1) is 6.31. The van der Waals surface area contributed by atoms with Crippen LogP contribution in [0.5, 0.6) is 0 Å². The van der Waals surface area contributed by atoms with Crippen LogP contribution in [-0.4, -0.2) is 24.6 Å². The Hall–Kier alpha value is -0.610. The molecular weight excluding hydrogens is 166 g/mol. The lowest BCUT2D eigenvalue weighted by molar-refractivity contribution is 0.116. The Bertz CT molecular complexity index is 213. The van der Waals surface area contributed by atoms with Gasteiger partial charge in [0, 0.05) is 12.5 Å². The standard InChI is InChI=1S/C9H17N3O/c1-6-8(4-5-13-6)9(12-10)11-7-2-3-7/h6-8H,2-5,10H2,1H3,(H,11,12). The molecule has 0 aromatic heterocycles. The first kappa shape index (κ1) is 8.97. The average Bonchev–Trinajstić information content (AvgIpc) is 2.85. The Balaban J connectivity index is 2.01. The van der Waals surface area contributed by atoms with Crippen molar-refractivity contribution in [2.75, 3.05) is 6.61 Å². The molecule has 2 aliphatic rings. The molecule has 1 aliphatic carbocycles. The van der Waals surface area contributed by atoms with E-state index in [1.54, 1.807) is 0 Å². The smallest absolute Gasteiger partial charge is 0.116 e. The van der Waals surface area contributed by atoms with E-state index in [9.17, 15) is 0 Å². The van der Waals surface area contributed by atoms with Gasteiger partial charge in [-0.25, -0.2) is 5.84 Å². The maximum Gasteiger partial charge on any atom is 0.116 e. The summed E-state index contributed by atoms with van der Waals surface area (Å²) in [5.41, 5.74) is 2.72. The van der Waals surface area contributed by atoms with Crippen LogP contribution in [0.4, 0.5) is 0 Å². The number of aliphatic imine (C=N–C) groups is 1. The number of rotatable bonds is 2. The molecule has 0 aromatic carbocycles. The first-order valence-electron chi connectivity index (χ1n) is 4.97. The van der Waals surface area contributed by atoms with E-state index < -0.39 is 0 Å². The molecule has 1 heterocycles. The molecule has 2 unspecified atom stereocenters. The van der Waals surface area contributed by atoms with E-state index >= 15 is 0 Å². The molecule has 74 valence electrons. The van der Waals surface area contributed by atoms with Crippen molar-refractivity contribution in [2.24, 2.45) is 16.8 Å². The third-order valence-corrected chi connectivity index (χ3v) is 2.74. The van der Waals surface area contributed by atoms with Crippen molar-refractivity contribution >= 4 is 5.84 Å². The molecule has 1 saturated carbocycles. The second kappa shape index (κ2) is 3.64. The van der Waals surface area contributed by atoms with Crippen LogP contribution in [0.3, 0.4) is 0 Å².